The van der Waals surface area contributed by atoms with Gasteiger partial charge >= 0.3 is 36.3 Å². The summed E-state index contributed by atoms with van der Waals surface area (Å²) in [5, 5.41) is 101. The molecule has 0 bridgehead atoms. The van der Waals surface area contributed by atoms with E-state index in [0.29, 0.717) is 56.2 Å². The number of H-pyrrole nitrogens is 1. The van der Waals surface area contributed by atoms with Crippen molar-refractivity contribution in [3.63, 3.8) is 0 Å². The predicted octanol–water partition coefficient (Wildman–Crippen LogP) is 14.9. The van der Waals surface area contributed by atoms with Crippen LogP contribution in [-0.4, -0.2) is 276 Å². The molecular weight excluding hydrogens is 1920 g/mol. The van der Waals surface area contributed by atoms with Gasteiger partial charge in [0.25, 0.3) is 0 Å². The zero-order valence-electron chi connectivity index (χ0n) is 84.8. The fourth-order valence-electron chi connectivity index (χ4n) is 20.1. The Kier molecular flexibility index (Phi) is 42.3. The van der Waals surface area contributed by atoms with Crippen molar-refractivity contribution in [2.45, 2.75) is 273 Å². The number of carbonyl (C=O) groups excluding carboxylic acids is 6. The van der Waals surface area contributed by atoms with E-state index in [1.807, 2.05) is 143 Å². The number of aliphatic hydroxyl groups excluding tert-OH is 10. The van der Waals surface area contributed by atoms with Crippen LogP contribution < -0.4 is 10.2 Å². The molecule has 7 fully saturated rings. The predicted molar refractivity (Wildman–Crippen MR) is 547 cm³/mol. The molecule has 10 aromatic rings. The number of likely N-dealkylation sites (tertiary alicyclic amines) is 4. The largest absolute Gasteiger partial charge is 0.445 e. The fourth-order valence-corrected chi connectivity index (χ4v) is 21.9. The maximum atomic E-state index is 14.2. The van der Waals surface area contributed by atoms with E-state index in [1.54, 1.807) is 49.7 Å². The highest BCUT2D eigenvalue weighted by Gasteiger charge is 2.47. The first-order chi connectivity index (χ1) is 71.3. The van der Waals surface area contributed by atoms with Crippen LogP contribution in [-0.2, 0) is 86.8 Å². The highest BCUT2D eigenvalue weighted by Crippen LogP contribution is 2.45. The summed E-state index contributed by atoms with van der Waals surface area (Å²) >= 11 is 0. The Hall–Kier alpha value is -11.9. The normalized spacial score (nSPS) is 24.7. The van der Waals surface area contributed by atoms with Crippen LogP contribution in [0.25, 0.3) is 21.8 Å². The van der Waals surface area contributed by atoms with E-state index >= 15 is 0 Å². The monoisotopic (exact) mass is 2060 g/mol. The number of aliphatic hydroxyl groups is 10. The Labute approximate surface area is 858 Å². The van der Waals surface area contributed by atoms with Gasteiger partial charge in [0.15, 0.2) is 18.7 Å². The van der Waals surface area contributed by atoms with Gasteiger partial charge in [-0.05, 0) is 182 Å². The number of hydrogen-bond acceptors (Lipinski definition) is 26. The number of aromatic amines is 1. The number of aromatic nitrogens is 2. The molecule has 9 aliphatic heterocycles. The van der Waals surface area contributed by atoms with Crippen LogP contribution in [0.15, 0.2) is 207 Å². The molecule has 0 saturated carbocycles. The standard InChI is InChI=1S/C26H31FN2O6.C26H29FN2O6.C21H23FN2O2.C21H21FN2O2.C6H16Si.C5H10O5.C4H6O3.CH4.H2/c2*27-18-8-9-20-17(13-29(21(20)12-18)25-24(32)23(31)22(30)15-34-25)11-19-7-4-10-28(19)26(33)35-14-16-5-2-1-3-6-16;2*22-17-8-9-19-16(13-23-20(19)12-17)11-18-7-4-10-24(18)21(25)26-14-15-5-2-1-3-6-15;1-4-7(5-2)6-3;6-2-1-10-5(9)4(8)3(2)7;1-3(5)7-4(2)6;;/h1-3,5-6,8-9,12,17,19,22-25,30-32H,4,7,10-11,13-15H2;1-3,5-6,8-9,12-13,19,22-25,30-32H,4,7,10-11,14-15H2;1-3,5-6,8-9,12,16,18,23H,4,7,10-11,13-14H2;1-3,5-6,8-9,12-13,18,23H,4,7,10-11,14H2;7H,4-6H2,1-3H3;2-9H,1H2;1-2H3;1H4;1H/t17?,19-,22+,23-,24+,25+;19-,22+,23-,24+,25+;16?,18-;18-;;2-,3+,4-,5+;;;/m0000.1.../s1/i;;;;;;;;1+1D. The summed E-state index contributed by atoms with van der Waals surface area (Å²) in [6.45, 7) is 13.8. The molecular formula is C110H142F4N8O24Si. The molecule has 2 aromatic heterocycles. The Bertz CT molecular complexity index is 5840. The van der Waals surface area contributed by atoms with Gasteiger partial charge in [0.2, 0.25) is 0 Å². The lowest BCUT2D eigenvalue weighted by Gasteiger charge is -2.41. The Balaban J connectivity index is 0.000000175. The summed E-state index contributed by atoms with van der Waals surface area (Å²) in [7, 11) is -0.171. The van der Waals surface area contributed by atoms with Gasteiger partial charge < -0.3 is 128 Å². The van der Waals surface area contributed by atoms with E-state index in [-0.39, 0.29) is 122 Å². The van der Waals surface area contributed by atoms with Crippen LogP contribution in [0.1, 0.15) is 172 Å². The van der Waals surface area contributed by atoms with Crippen LogP contribution in [0.2, 0.25) is 18.1 Å². The number of ether oxygens (including phenoxy) is 8. The molecule has 18 atom stereocenters. The minimum absolute atomic E-state index is 0. The van der Waals surface area contributed by atoms with Gasteiger partial charge in [-0.3, -0.25) is 9.59 Å². The number of nitrogens with one attached hydrogen (secondary N) is 2. The van der Waals surface area contributed by atoms with Crippen molar-refractivity contribution in [3.05, 3.63) is 274 Å². The van der Waals surface area contributed by atoms with Crippen LogP contribution >= 0.6 is 0 Å². The maximum absolute atomic E-state index is 14.2. The first-order valence-corrected chi connectivity index (χ1v) is 52.7. The minimum atomic E-state index is -1.41. The Morgan fingerprint density at radius 3 is 1.27 bits per heavy atom. The first kappa shape index (κ1) is 112. The van der Waals surface area contributed by atoms with Crippen LogP contribution in [0.5, 0.6) is 0 Å². The van der Waals surface area contributed by atoms with Gasteiger partial charge in [0.05, 0.1) is 25.3 Å². The van der Waals surface area contributed by atoms with E-state index in [9.17, 15) is 77.0 Å². The molecule has 0 spiro atoms. The van der Waals surface area contributed by atoms with Crippen molar-refractivity contribution in [2.75, 3.05) is 69.3 Å². The fraction of sp³-hybridized carbons (Fsp3) is 0.473. The second-order valence-electron chi connectivity index (χ2n) is 38.1. The number of halogens is 4. The minimum Gasteiger partial charge on any atom is -0.445 e. The zero-order chi connectivity index (χ0) is 106. The number of fused-ring (bicyclic) bond motifs is 4. The number of carbonyl (C=O) groups is 6. The highest BCUT2D eigenvalue weighted by atomic mass is 28.3. The number of esters is 2. The van der Waals surface area contributed by atoms with Gasteiger partial charge in [-0.25, -0.2) is 36.7 Å². The summed E-state index contributed by atoms with van der Waals surface area (Å²) in [6, 6.07) is 61.8. The molecule has 19 rings (SSSR count). The number of anilines is 2. The average molecular weight is 2070 g/mol. The molecule has 7 saturated heterocycles. The summed E-state index contributed by atoms with van der Waals surface area (Å²) in [5.41, 5.74) is 10.6. The number of hydrogen-bond donors (Lipinski definition) is 12. The lowest BCUT2D eigenvalue weighted by molar-refractivity contribution is -0.252. The van der Waals surface area contributed by atoms with Crippen molar-refractivity contribution in [3.8, 4) is 0 Å². The van der Waals surface area contributed by atoms with E-state index in [1.165, 1.54) is 74.4 Å². The summed E-state index contributed by atoms with van der Waals surface area (Å²) < 4.78 is 108. The molecule has 0 radical (unpaired) electrons. The van der Waals surface area contributed by atoms with Crippen molar-refractivity contribution in [1.82, 2.24) is 29.2 Å². The molecule has 32 nitrogen and oxygen atoms in total. The van der Waals surface area contributed by atoms with Gasteiger partial charge in [0, 0.05) is 141 Å². The third-order valence-corrected chi connectivity index (χ3v) is 31.5. The molecule has 12 N–H and O–H groups in total. The topological polar surface area (TPSA) is 428 Å². The maximum Gasteiger partial charge on any atom is 0.410 e. The quantitative estimate of drug-likeness (QED) is 0.0104. The van der Waals surface area contributed by atoms with Crippen LogP contribution in [0.3, 0.4) is 0 Å². The number of benzene rings is 8. The van der Waals surface area contributed by atoms with E-state index in [0.717, 1.165) is 150 Å². The Morgan fingerprint density at radius 1 is 0.435 bits per heavy atom. The van der Waals surface area contributed by atoms with E-state index in [4.69, 9.17) is 51.8 Å². The van der Waals surface area contributed by atoms with Gasteiger partial charge in [-0.15, -0.1) is 0 Å². The molecule has 798 valence electrons. The number of nitrogens with zero attached hydrogens (tertiary/aromatic N) is 6. The second kappa shape index (κ2) is 55.4. The lowest BCUT2D eigenvalue weighted by Crippen LogP contribution is -2.59. The SMILES string of the molecule is C.CC(=O)OC(C)=O.CC[SiH](CC)CC.O=C(OCc1ccccc1)N1CCC[C@H]1CC1CN([C@@H]2OC[C@@H](O)[C@H](O)[C@H]2O)c2cc(F)ccc21.O=C(OCc1ccccc1)N1CCC[C@H]1CC1CNc2cc(F)ccc21.O=C(OCc1ccccc1)N1CCC[C@H]1Cc1c[nH]c2cc(F)ccc12.O=C(OCc1ccccc1)N1CCC[C@H]1Cc1cn([C@@H]2OC[C@@H](O)[C@H](O)[C@H]2O)c2cc(F)ccc12.O[C@@H]1[C@@H](O)[C@@H](O)OC[C@H]1O.[2H][2H]. The van der Waals surface area contributed by atoms with Crippen LogP contribution in [0.4, 0.5) is 48.1 Å². The lowest BCUT2D eigenvalue weighted by atomic mass is 9.93. The van der Waals surface area contributed by atoms with Crippen molar-refractivity contribution in [1.29, 1.82) is 0 Å². The summed E-state index contributed by atoms with van der Waals surface area (Å²) in [4.78, 5) is 82.4. The molecule has 2 unspecified atom stereocenters. The van der Waals surface area contributed by atoms with Gasteiger partial charge in [0.1, 0.15) is 105 Å². The molecule has 9 aliphatic rings. The van der Waals surface area contributed by atoms with Crippen LogP contribution in [0, 0.1) is 23.3 Å². The molecule has 8 aromatic carbocycles. The zero-order valence-corrected chi connectivity index (χ0v) is 83.9. The molecule has 4 amide bonds. The second-order valence-corrected chi connectivity index (χ2v) is 42.3. The molecule has 0 aliphatic carbocycles. The highest BCUT2D eigenvalue weighted by molar-refractivity contribution is 6.58. The van der Waals surface area contributed by atoms with Gasteiger partial charge in [-0.2, -0.15) is 0 Å². The number of amides is 4. The average Bonchev–Trinajstić information content (AvgIpc) is 1.62. The molecule has 147 heavy (non-hydrogen) atoms. The Morgan fingerprint density at radius 2 is 0.823 bits per heavy atom. The molecule has 37 heteroatoms. The third kappa shape index (κ3) is 30.9. The summed E-state index contributed by atoms with van der Waals surface area (Å²) in [6.07, 6.45) is -2.38. The van der Waals surface area contributed by atoms with Gasteiger partial charge in [-0.1, -0.05) is 180 Å². The smallest absolute Gasteiger partial charge is 0.410 e. The third-order valence-electron chi connectivity index (χ3n) is 28.1. The van der Waals surface area contributed by atoms with Crippen molar-refractivity contribution in [2.24, 2.45) is 0 Å². The summed E-state index contributed by atoms with van der Waals surface area (Å²) in [5.74, 6) is -2.17. The molecule has 11 heterocycles. The van der Waals surface area contributed by atoms with E-state index < -0.39 is 97.3 Å². The van der Waals surface area contributed by atoms with Crippen molar-refractivity contribution < 1.29 is 138 Å². The van der Waals surface area contributed by atoms with Crippen molar-refractivity contribution >= 4 is 78.3 Å². The van der Waals surface area contributed by atoms with E-state index in [2.05, 4.69) is 40.5 Å². The number of rotatable bonds is 21. The first-order valence-electron chi connectivity index (χ1n) is 51.2.